The van der Waals surface area contributed by atoms with Crippen molar-refractivity contribution in [3.63, 3.8) is 0 Å². The molecular formula is C36H48N15O18P3. The van der Waals surface area contributed by atoms with Crippen molar-refractivity contribution in [2.24, 2.45) is 10.2 Å². The first-order valence-corrected chi connectivity index (χ1v) is 26.7. The van der Waals surface area contributed by atoms with Crippen LogP contribution < -0.4 is 28.5 Å². The van der Waals surface area contributed by atoms with Crippen LogP contribution in [0, 0.1) is 0 Å². The van der Waals surface area contributed by atoms with Gasteiger partial charge in [-0.05, 0) is 31.7 Å². The van der Waals surface area contributed by atoms with Gasteiger partial charge in [0.2, 0.25) is 5.95 Å². The maximum absolute atomic E-state index is 13.8. The zero-order chi connectivity index (χ0) is 50.7. The molecule has 5 aliphatic heterocycles. The van der Waals surface area contributed by atoms with Gasteiger partial charge in [0, 0.05) is 25.5 Å². The molecule has 11 N–H and O–H groups in total. The normalized spacial score (nSPS) is 31.8. The largest absolute Gasteiger partial charge is 0.472 e. The van der Waals surface area contributed by atoms with Gasteiger partial charge < -0.3 is 51.2 Å². The summed E-state index contributed by atoms with van der Waals surface area (Å²) in [5.41, 5.74) is 15.6. The Labute approximate surface area is 403 Å². The molecule has 10 heterocycles. The van der Waals surface area contributed by atoms with E-state index in [1.54, 1.807) is 0 Å². The third-order valence-corrected chi connectivity index (χ3v) is 15.7. The Kier molecular flexibility index (Phi) is 13.8. The number of phosphoric ester groups is 3. The second kappa shape index (κ2) is 19.7. The number of nitrogen functional groups attached to an aromatic ring is 3. The molecule has 0 amide bonds. The number of phosphoric acid groups is 3. The Morgan fingerprint density at radius 3 is 1.94 bits per heavy atom. The number of rotatable bonds is 19. The predicted octanol–water partition coefficient (Wildman–Crippen LogP) is 0.472. The van der Waals surface area contributed by atoms with E-state index in [-0.39, 0.29) is 71.8 Å². The average Bonchev–Trinajstić information content (AvgIpc) is 4.18. The number of aromatic amines is 1. The number of fused-ring (bicyclic) bond motifs is 4. The van der Waals surface area contributed by atoms with Crippen LogP contribution in [0.25, 0.3) is 22.3 Å². The van der Waals surface area contributed by atoms with Crippen molar-refractivity contribution in [1.82, 2.24) is 48.6 Å². The highest BCUT2D eigenvalue weighted by atomic mass is 31.2. The molecule has 1 saturated carbocycles. The highest BCUT2D eigenvalue weighted by Gasteiger charge is 2.48. The van der Waals surface area contributed by atoms with Gasteiger partial charge in [0.05, 0.1) is 51.2 Å². The van der Waals surface area contributed by atoms with E-state index >= 15 is 0 Å². The van der Waals surface area contributed by atoms with E-state index < -0.39 is 115 Å². The SMILES string of the molecule is Nc1ccn([C@H]2C[C@H](OP(=O)(O)OC[C@H]3O[C@@H](n4cnc5c(=O)[nH]c(N)nc54)C[C@@H]3O)[C@@H](COP(=O)(O)O[C@H]3C[C@H](n4cnc5c(N)ncnc54)O[C@@H]3COP(=O)(O)OCC34CCC(CC3)N=N4)O2)c(=O)n1. The molecule has 5 aromatic heterocycles. The van der Waals surface area contributed by atoms with E-state index in [2.05, 4.69) is 45.1 Å². The van der Waals surface area contributed by atoms with E-state index in [1.807, 2.05) is 0 Å². The fraction of sp³-hybridized carbons (Fsp3) is 0.611. The summed E-state index contributed by atoms with van der Waals surface area (Å²) < 4.78 is 94.9. The summed E-state index contributed by atoms with van der Waals surface area (Å²) in [4.78, 5) is 84.6. The number of hydrogen-bond donors (Lipinski definition) is 8. The third-order valence-electron chi connectivity index (χ3n) is 12.7. The number of ether oxygens (including phenoxy) is 3. The van der Waals surface area contributed by atoms with Gasteiger partial charge in [0.15, 0.2) is 22.6 Å². The molecule has 0 spiro atoms. The lowest BCUT2D eigenvalue weighted by molar-refractivity contribution is -0.0611. The minimum absolute atomic E-state index is 0.0457. The van der Waals surface area contributed by atoms with Gasteiger partial charge in [-0.25, -0.2) is 38.4 Å². The van der Waals surface area contributed by atoms with Crippen molar-refractivity contribution in [1.29, 1.82) is 0 Å². The lowest BCUT2D eigenvalue weighted by Gasteiger charge is -2.39. The lowest BCUT2D eigenvalue weighted by Crippen LogP contribution is -2.41. The molecule has 390 valence electrons. The standard InChI is InChI=1S/C36H48N15O18P3/c37-24-3-6-49(35(54)44-24)26-8-19(68-71(57,58)62-10-21-18(52)7-25(65-21)51-16-43-29-32(51)45-34(39)46-33(29)53)23(66-26)12-63-72(59,60)69-20-9-27(50-15-42-28-30(38)40-14-41-31(28)50)67-22(20)11-61-70(55,56)64-13-36-4-1-17(2-5-36)47-48-36/h3,6,14-23,25-27,52H,1-2,4-5,7-13H2,(H,55,56)(H,57,58)(H,59,60)(H2,37,44,54)(H2,38,40,41)(H3,39,45,46,53)/t17?,18-,19-,20-,21+,22+,23+,25+,26+,27+,36?/m0/s1. The van der Waals surface area contributed by atoms with Crippen molar-refractivity contribution in [3.8, 4) is 0 Å². The summed E-state index contributed by atoms with van der Waals surface area (Å²) >= 11 is 0. The van der Waals surface area contributed by atoms with E-state index in [0.29, 0.717) is 12.8 Å². The zero-order valence-corrected chi connectivity index (χ0v) is 40.1. The molecule has 11 rings (SSSR count). The fourth-order valence-corrected chi connectivity index (χ4v) is 11.8. The van der Waals surface area contributed by atoms with Gasteiger partial charge in [0.1, 0.15) is 72.4 Å². The molecule has 72 heavy (non-hydrogen) atoms. The quantitative estimate of drug-likeness (QED) is 0.0521. The number of H-pyrrole nitrogens is 1. The van der Waals surface area contributed by atoms with Gasteiger partial charge in [-0.3, -0.25) is 50.6 Å². The molecule has 12 atom stereocenters. The Morgan fingerprint density at radius 2 is 1.31 bits per heavy atom. The summed E-state index contributed by atoms with van der Waals surface area (Å²) in [6.07, 6.45) is -4.33. The molecule has 36 heteroatoms. The molecule has 2 bridgehead atoms. The van der Waals surface area contributed by atoms with Crippen LogP contribution in [0.15, 0.2) is 51.1 Å². The topological polar surface area (TPSA) is 460 Å². The number of nitrogens with two attached hydrogens (primary N) is 3. The smallest absolute Gasteiger partial charge is 0.390 e. The number of aliphatic hydroxyl groups is 1. The summed E-state index contributed by atoms with van der Waals surface area (Å²) in [6, 6.07) is 1.41. The number of aromatic nitrogens is 10. The Balaban J connectivity index is 0.815. The van der Waals surface area contributed by atoms with Crippen molar-refractivity contribution in [2.75, 3.05) is 43.6 Å². The number of aliphatic hydroxyl groups excluding tert-OH is 1. The second-order valence-corrected chi connectivity index (χ2v) is 21.9. The maximum Gasteiger partial charge on any atom is 0.472 e. The number of anilines is 3. The molecule has 5 aromatic rings. The Hall–Kier alpha value is -5.05. The number of azo groups is 1. The molecule has 33 nitrogen and oxygen atoms in total. The van der Waals surface area contributed by atoms with Crippen LogP contribution >= 0.6 is 23.5 Å². The predicted molar refractivity (Wildman–Crippen MR) is 240 cm³/mol. The monoisotopic (exact) mass is 1070 g/mol. The van der Waals surface area contributed by atoms with Crippen molar-refractivity contribution in [3.05, 3.63) is 52.1 Å². The van der Waals surface area contributed by atoms with Crippen LogP contribution in [0.3, 0.4) is 0 Å². The van der Waals surface area contributed by atoms with E-state index in [9.17, 15) is 43.1 Å². The fourth-order valence-electron chi connectivity index (χ4n) is 9.06. The molecular weight excluding hydrogens is 1020 g/mol. The Morgan fingerprint density at radius 1 is 0.722 bits per heavy atom. The van der Waals surface area contributed by atoms with Crippen molar-refractivity contribution in [2.45, 2.75) is 112 Å². The van der Waals surface area contributed by atoms with Crippen LogP contribution in [0.5, 0.6) is 0 Å². The first-order valence-electron chi connectivity index (χ1n) is 22.2. The number of imidazole rings is 2. The third kappa shape index (κ3) is 10.8. The first-order chi connectivity index (χ1) is 34.2. The van der Waals surface area contributed by atoms with Gasteiger partial charge >= 0.3 is 29.2 Å². The van der Waals surface area contributed by atoms with Crippen LogP contribution in [-0.4, -0.2) is 143 Å². The minimum atomic E-state index is -5.23. The van der Waals surface area contributed by atoms with Crippen LogP contribution in [0.1, 0.15) is 63.6 Å². The van der Waals surface area contributed by atoms with Gasteiger partial charge in [0.25, 0.3) is 5.56 Å². The second-order valence-electron chi connectivity index (χ2n) is 17.6. The summed E-state index contributed by atoms with van der Waals surface area (Å²) in [5, 5.41) is 19.4. The van der Waals surface area contributed by atoms with Gasteiger partial charge in [-0.2, -0.15) is 20.2 Å². The molecule has 3 unspecified atom stereocenters. The van der Waals surface area contributed by atoms with Gasteiger partial charge in [-0.15, -0.1) is 0 Å². The molecule has 3 saturated heterocycles. The van der Waals surface area contributed by atoms with Crippen molar-refractivity contribution >= 4 is 63.4 Å². The molecule has 0 aromatic carbocycles. The first kappa shape index (κ1) is 50.5. The lowest BCUT2D eigenvalue weighted by atomic mass is 9.79. The van der Waals surface area contributed by atoms with Crippen LogP contribution in [0.2, 0.25) is 0 Å². The molecule has 1 aliphatic carbocycles. The molecule has 0 radical (unpaired) electrons. The summed E-state index contributed by atoms with van der Waals surface area (Å²) in [6.45, 7) is -2.53. The zero-order valence-electron chi connectivity index (χ0n) is 37.4. The van der Waals surface area contributed by atoms with Crippen molar-refractivity contribution < 1.29 is 74.8 Å². The number of hydrogen-bond acceptors (Lipinski definition) is 26. The average molecular weight is 1070 g/mol. The van der Waals surface area contributed by atoms with Crippen LogP contribution in [-0.2, 0) is 55.0 Å². The number of nitrogens with zero attached hydrogens (tertiary/aromatic N) is 11. The highest BCUT2D eigenvalue weighted by Crippen LogP contribution is 2.53. The number of nitrogens with one attached hydrogen (secondary N) is 1. The molecule has 4 fully saturated rings. The molecule has 6 aliphatic rings. The maximum atomic E-state index is 13.8. The summed E-state index contributed by atoms with van der Waals surface area (Å²) in [7, 11) is -15.2. The van der Waals surface area contributed by atoms with E-state index in [4.69, 9.17) is 58.6 Å². The highest BCUT2D eigenvalue weighted by molar-refractivity contribution is 7.48. The Bertz CT molecular complexity index is 3130. The van der Waals surface area contributed by atoms with E-state index in [0.717, 1.165) is 17.4 Å². The van der Waals surface area contributed by atoms with Crippen LogP contribution in [0.4, 0.5) is 17.6 Å². The minimum Gasteiger partial charge on any atom is -0.390 e. The van der Waals surface area contributed by atoms with E-state index in [1.165, 1.54) is 40.4 Å². The summed E-state index contributed by atoms with van der Waals surface area (Å²) in [5.74, 6) is -0.249. The van der Waals surface area contributed by atoms with Gasteiger partial charge in [-0.1, -0.05) is 0 Å².